The minimum absolute atomic E-state index is 0.0188. The van der Waals surface area contributed by atoms with E-state index in [4.69, 9.17) is 19.9 Å². The van der Waals surface area contributed by atoms with Crippen LogP contribution in [0.25, 0.3) is 0 Å². The zero-order valence-corrected chi connectivity index (χ0v) is 18.1. The van der Waals surface area contributed by atoms with Gasteiger partial charge in [0.25, 0.3) is 0 Å². The molecule has 0 heterocycles. The van der Waals surface area contributed by atoms with Gasteiger partial charge in [0, 0.05) is 25.7 Å². The van der Waals surface area contributed by atoms with Crippen molar-refractivity contribution in [1.82, 2.24) is 0 Å². The summed E-state index contributed by atoms with van der Waals surface area (Å²) in [6, 6.07) is 4.32. The molecule has 0 spiro atoms. The summed E-state index contributed by atoms with van der Waals surface area (Å²) in [5.41, 5.74) is 4.74. The van der Waals surface area contributed by atoms with Gasteiger partial charge in [0.15, 0.2) is 11.5 Å². The second kappa shape index (κ2) is 11.9. The Morgan fingerprint density at radius 1 is 1.03 bits per heavy atom. The van der Waals surface area contributed by atoms with Crippen LogP contribution in [0.5, 0.6) is 11.5 Å². The summed E-state index contributed by atoms with van der Waals surface area (Å²) in [7, 11) is 0. The van der Waals surface area contributed by atoms with Gasteiger partial charge in [-0.2, -0.15) is 0 Å². The normalized spacial score (nSPS) is 13.5. The molecule has 10 nitrogen and oxygen atoms in total. The zero-order valence-electron chi connectivity index (χ0n) is 18.1. The summed E-state index contributed by atoms with van der Waals surface area (Å²) in [5.74, 6) is -2.37. The van der Waals surface area contributed by atoms with Crippen molar-refractivity contribution in [3.8, 4) is 11.5 Å². The van der Waals surface area contributed by atoms with Crippen LogP contribution in [0.1, 0.15) is 52.5 Å². The van der Waals surface area contributed by atoms with E-state index < -0.39 is 35.7 Å². The highest BCUT2D eigenvalue weighted by molar-refractivity contribution is 5.79. The van der Waals surface area contributed by atoms with Crippen molar-refractivity contribution < 1.29 is 43.2 Å². The summed E-state index contributed by atoms with van der Waals surface area (Å²) in [6.07, 6.45) is -1.91. The number of esters is 2. The van der Waals surface area contributed by atoms with Crippen molar-refractivity contribution in [2.75, 3.05) is 6.61 Å². The molecule has 0 aliphatic rings. The maximum absolute atomic E-state index is 11.9. The fourth-order valence-corrected chi connectivity index (χ4v) is 2.69. The van der Waals surface area contributed by atoms with E-state index in [1.54, 1.807) is 20.8 Å². The van der Waals surface area contributed by atoms with Gasteiger partial charge >= 0.3 is 24.1 Å². The predicted molar refractivity (Wildman–Crippen MR) is 109 cm³/mol. The molecule has 1 unspecified atom stereocenters. The number of carbonyl (C=O) groups excluding carboxylic acids is 3. The highest BCUT2D eigenvalue weighted by Crippen LogP contribution is 2.31. The van der Waals surface area contributed by atoms with Crippen molar-refractivity contribution in [2.24, 2.45) is 5.73 Å². The topological polar surface area (TPSA) is 151 Å². The summed E-state index contributed by atoms with van der Waals surface area (Å²) in [4.78, 5) is 46.7. The molecule has 0 fully saturated rings. The molecule has 0 aliphatic carbocycles. The summed E-state index contributed by atoms with van der Waals surface area (Å²) >= 11 is 0. The average Bonchev–Trinajstić information content (AvgIpc) is 2.69. The molecular formula is C21H29NO9. The highest BCUT2D eigenvalue weighted by Gasteiger charge is 2.37. The van der Waals surface area contributed by atoms with Crippen LogP contribution in [0.2, 0.25) is 0 Å². The van der Waals surface area contributed by atoms with Crippen LogP contribution in [0, 0.1) is 0 Å². The largest absolute Gasteiger partial charge is 0.508 e. The Labute approximate surface area is 180 Å². The lowest BCUT2D eigenvalue weighted by Gasteiger charge is -2.28. The maximum atomic E-state index is 11.9. The molecule has 0 aromatic heterocycles. The van der Waals surface area contributed by atoms with Gasteiger partial charge in [-0.25, -0.2) is 4.79 Å². The lowest BCUT2D eigenvalue weighted by Crippen LogP contribution is -2.52. The first-order valence-electron chi connectivity index (χ1n) is 9.94. The summed E-state index contributed by atoms with van der Waals surface area (Å²) in [6.45, 7) is 6.45. The Bertz CT molecular complexity index is 808. The van der Waals surface area contributed by atoms with Crippen LogP contribution in [0.3, 0.4) is 0 Å². The minimum Gasteiger partial charge on any atom is -0.480 e. The SMILES string of the molecule is CCOC(=O)O[C@@H](C)CC(N)(Cc1ccc(OC(=O)CC)c(OC(=O)CC)c1)C(=O)O. The van der Waals surface area contributed by atoms with Crippen LogP contribution in [0.4, 0.5) is 4.79 Å². The quantitative estimate of drug-likeness (QED) is 0.389. The Kier molecular flexibility index (Phi) is 9.94. The fraction of sp³-hybridized carbons (Fsp3) is 0.524. The molecule has 0 bridgehead atoms. The number of ether oxygens (including phenoxy) is 4. The lowest BCUT2D eigenvalue weighted by atomic mass is 9.86. The van der Waals surface area contributed by atoms with E-state index in [-0.39, 0.29) is 43.8 Å². The van der Waals surface area contributed by atoms with E-state index in [1.807, 2.05) is 0 Å². The van der Waals surface area contributed by atoms with Crippen molar-refractivity contribution in [2.45, 2.75) is 65.0 Å². The number of carboxylic acids is 1. The Morgan fingerprint density at radius 2 is 1.61 bits per heavy atom. The summed E-state index contributed by atoms with van der Waals surface area (Å²) < 4.78 is 20.1. The molecule has 0 amide bonds. The van der Waals surface area contributed by atoms with Gasteiger partial charge in [0.2, 0.25) is 0 Å². The predicted octanol–water partition coefficient (Wildman–Crippen LogP) is 2.59. The zero-order chi connectivity index (χ0) is 23.6. The number of carboxylic acid groups (broad SMARTS) is 1. The molecule has 10 heteroatoms. The summed E-state index contributed by atoms with van der Waals surface area (Å²) in [5, 5.41) is 9.69. The lowest BCUT2D eigenvalue weighted by molar-refractivity contribution is -0.144. The number of aliphatic carboxylic acids is 1. The van der Waals surface area contributed by atoms with E-state index >= 15 is 0 Å². The first kappa shape index (κ1) is 25.9. The van der Waals surface area contributed by atoms with Crippen LogP contribution in [-0.2, 0) is 30.3 Å². The average molecular weight is 439 g/mol. The third kappa shape index (κ3) is 8.25. The molecule has 2 atom stereocenters. The van der Waals surface area contributed by atoms with Crippen molar-refractivity contribution in [3.63, 3.8) is 0 Å². The Balaban J connectivity index is 3.12. The maximum Gasteiger partial charge on any atom is 0.508 e. The molecule has 1 aromatic carbocycles. The first-order valence-corrected chi connectivity index (χ1v) is 9.94. The van der Waals surface area contributed by atoms with Gasteiger partial charge in [-0.3, -0.25) is 14.4 Å². The van der Waals surface area contributed by atoms with Gasteiger partial charge in [0.1, 0.15) is 11.6 Å². The molecule has 1 aromatic rings. The van der Waals surface area contributed by atoms with Gasteiger partial charge in [-0.15, -0.1) is 0 Å². The molecule has 1 rings (SSSR count). The van der Waals surface area contributed by atoms with Crippen molar-refractivity contribution in [3.05, 3.63) is 23.8 Å². The first-order chi connectivity index (χ1) is 14.5. The van der Waals surface area contributed by atoms with Crippen LogP contribution >= 0.6 is 0 Å². The number of benzene rings is 1. The van der Waals surface area contributed by atoms with E-state index in [0.717, 1.165) is 0 Å². The molecular weight excluding hydrogens is 410 g/mol. The van der Waals surface area contributed by atoms with E-state index in [0.29, 0.717) is 5.56 Å². The van der Waals surface area contributed by atoms with Gasteiger partial charge in [0.05, 0.1) is 6.61 Å². The standard InChI is InChI=1S/C21H29NO9/c1-5-17(23)30-15-9-8-14(10-16(15)31-18(24)6-2)12-21(22,19(25)26)11-13(4)29-20(27)28-7-3/h8-10,13H,5-7,11-12,22H2,1-4H3,(H,25,26)/t13-,21?/m0/s1. The van der Waals surface area contributed by atoms with E-state index in [9.17, 15) is 24.3 Å². The number of rotatable bonds is 11. The van der Waals surface area contributed by atoms with Crippen LogP contribution in [-0.4, -0.2) is 47.4 Å². The number of hydrogen-bond donors (Lipinski definition) is 2. The smallest absolute Gasteiger partial charge is 0.480 e. The molecule has 3 N–H and O–H groups in total. The fourth-order valence-electron chi connectivity index (χ4n) is 2.69. The molecule has 0 radical (unpaired) electrons. The third-order valence-electron chi connectivity index (χ3n) is 4.19. The van der Waals surface area contributed by atoms with Crippen LogP contribution in [0.15, 0.2) is 18.2 Å². The monoisotopic (exact) mass is 439 g/mol. The van der Waals surface area contributed by atoms with Gasteiger partial charge in [-0.05, 0) is 31.5 Å². The Hall–Kier alpha value is -3.14. The van der Waals surface area contributed by atoms with Crippen LogP contribution < -0.4 is 15.2 Å². The molecule has 172 valence electrons. The van der Waals surface area contributed by atoms with E-state index in [2.05, 4.69) is 4.74 Å². The highest BCUT2D eigenvalue weighted by atomic mass is 16.7. The van der Waals surface area contributed by atoms with E-state index in [1.165, 1.54) is 25.1 Å². The van der Waals surface area contributed by atoms with Gasteiger partial charge < -0.3 is 29.8 Å². The molecule has 31 heavy (non-hydrogen) atoms. The van der Waals surface area contributed by atoms with Gasteiger partial charge in [-0.1, -0.05) is 19.9 Å². The van der Waals surface area contributed by atoms with Crippen molar-refractivity contribution >= 4 is 24.1 Å². The minimum atomic E-state index is -1.79. The number of carbonyl (C=O) groups is 4. The third-order valence-corrected chi connectivity index (χ3v) is 4.19. The molecule has 0 saturated heterocycles. The van der Waals surface area contributed by atoms with Crippen molar-refractivity contribution in [1.29, 1.82) is 0 Å². The second-order valence-corrected chi connectivity index (χ2v) is 6.89. The number of nitrogens with two attached hydrogens (primary N) is 1. The number of hydrogen-bond acceptors (Lipinski definition) is 9. The Morgan fingerprint density at radius 3 is 2.13 bits per heavy atom. The molecule has 0 saturated carbocycles. The second-order valence-electron chi connectivity index (χ2n) is 6.89. The molecule has 0 aliphatic heterocycles.